The molecule has 0 atom stereocenters. The molecule has 7 heteroatoms. The molecule has 5 nitrogen and oxygen atoms in total. The zero-order valence-corrected chi connectivity index (χ0v) is 17.9. The fraction of sp³-hybridized carbons (Fsp3) is 0.476. The van der Waals surface area contributed by atoms with Crippen LogP contribution >= 0.6 is 23.4 Å². The van der Waals surface area contributed by atoms with Crippen molar-refractivity contribution < 1.29 is 4.79 Å². The number of benzene rings is 1. The second-order valence-electron chi connectivity index (χ2n) is 6.97. The van der Waals surface area contributed by atoms with E-state index in [-0.39, 0.29) is 5.91 Å². The lowest BCUT2D eigenvalue weighted by Gasteiger charge is -2.16. The second kappa shape index (κ2) is 10.7. The molecule has 0 saturated carbocycles. The van der Waals surface area contributed by atoms with Crippen LogP contribution in [0.2, 0.25) is 5.15 Å². The van der Waals surface area contributed by atoms with E-state index in [4.69, 9.17) is 11.6 Å². The molecule has 2 aromatic rings. The van der Waals surface area contributed by atoms with E-state index in [0.717, 1.165) is 56.0 Å². The highest BCUT2D eigenvalue weighted by atomic mass is 35.5. The summed E-state index contributed by atoms with van der Waals surface area (Å²) in [5, 5.41) is 4.13. The molecule has 3 rings (SSSR count). The maximum absolute atomic E-state index is 12.1. The Morgan fingerprint density at radius 3 is 2.64 bits per heavy atom. The van der Waals surface area contributed by atoms with E-state index >= 15 is 0 Å². The summed E-state index contributed by atoms with van der Waals surface area (Å²) < 4.78 is 0. The quantitative estimate of drug-likeness (QED) is 0.270. The average molecular weight is 419 g/mol. The molecular formula is C21H27ClN4OS. The van der Waals surface area contributed by atoms with Crippen molar-refractivity contribution in [3.8, 4) is 0 Å². The lowest BCUT2D eigenvalue weighted by atomic mass is 10.1. The Kier molecular flexibility index (Phi) is 7.98. The lowest BCUT2D eigenvalue weighted by Crippen LogP contribution is -2.24. The van der Waals surface area contributed by atoms with E-state index in [0.29, 0.717) is 15.9 Å². The van der Waals surface area contributed by atoms with Gasteiger partial charge in [-0.25, -0.2) is 9.97 Å². The number of halogens is 1. The van der Waals surface area contributed by atoms with Gasteiger partial charge in [-0.05, 0) is 37.0 Å². The summed E-state index contributed by atoms with van der Waals surface area (Å²) in [6, 6.07) is 9.56. The standard InChI is InChI=1S/C21H27ClN4OS/c1-2-3-4-11-23-20(27)17-9-7-16(8-10-17)15-28-21-24-18(22)14-19(25-21)26-12-5-6-13-26/h7-10,14H,2-6,11-13,15H2,1H3,(H,23,27). The Morgan fingerprint density at radius 1 is 1.18 bits per heavy atom. The van der Waals surface area contributed by atoms with E-state index < -0.39 is 0 Å². The van der Waals surface area contributed by atoms with Gasteiger partial charge >= 0.3 is 0 Å². The molecule has 1 aliphatic rings. The third kappa shape index (κ3) is 6.11. The summed E-state index contributed by atoms with van der Waals surface area (Å²) >= 11 is 7.75. The van der Waals surface area contributed by atoms with Gasteiger partial charge in [0, 0.05) is 37.0 Å². The normalized spacial score (nSPS) is 13.7. The van der Waals surface area contributed by atoms with Crippen LogP contribution in [0.25, 0.3) is 0 Å². The maximum Gasteiger partial charge on any atom is 0.251 e. The van der Waals surface area contributed by atoms with Crippen LogP contribution in [0.1, 0.15) is 54.9 Å². The SMILES string of the molecule is CCCCCNC(=O)c1ccc(CSc2nc(Cl)cc(N3CCCC3)n2)cc1. The van der Waals surface area contributed by atoms with Gasteiger partial charge in [0.1, 0.15) is 11.0 Å². The minimum atomic E-state index is -0.0104. The molecule has 1 aromatic heterocycles. The van der Waals surface area contributed by atoms with Crippen LogP contribution in [-0.2, 0) is 5.75 Å². The topological polar surface area (TPSA) is 58.1 Å². The highest BCUT2D eigenvalue weighted by Crippen LogP contribution is 2.26. The fourth-order valence-electron chi connectivity index (χ4n) is 3.14. The molecule has 0 aliphatic carbocycles. The van der Waals surface area contributed by atoms with Crippen molar-refractivity contribution in [2.45, 2.75) is 49.9 Å². The molecule has 1 aliphatic heterocycles. The average Bonchev–Trinajstić information content (AvgIpc) is 3.24. The first-order valence-electron chi connectivity index (χ1n) is 9.95. The predicted molar refractivity (Wildman–Crippen MR) is 116 cm³/mol. The minimum absolute atomic E-state index is 0.0104. The fourth-order valence-corrected chi connectivity index (χ4v) is 4.17. The summed E-state index contributed by atoms with van der Waals surface area (Å²) in [5.41, 5.74) is 1.82. The van der Waals surface area contributed by atoms with Gasteiger partial charge in [0.05, 0.1) is 0 Å². The van der Waals surface area contributed by atoms with Crippen molar-refractivity contribution in [3.63, 3.8) is 0 Å². The molecule has 1 N–H and O–H groups in total. The number of hydrogen-bond donors (Lipinski definition) is 1. The number of carbonyl (C=O) groups excluding carboxylic acids is 1. The third-order valence-corrected chi connectivity index (χ3v) is 5.85. The van der Waals surface area contributed by atoms with E-state index in [2.05, 4.69) is 27.1 Å². The Hall–Kier alpha value is -1.79. The molecule has 1 amide bonds. The molecule has 150 valence electrons. The number of aromatic nitrogens is 2. The number of nitrogens with one attached hydrogen (secondary N) is 1. The van der Waals surface area contributed by atoms with Gasteiger partial charge in [-0.2, -0.15) is 0 Å². The van der Waals surface area contributed by atoms with Crippen molar-refractivity contribution in [1.29, 1.82) is 0 Å². The summed E-state index contributed by atoms with van der Waals surface area (Å²) in [6.45, 7) is 4.94. The number of anilines is 1. The van der Waals surface area contributed by atoms with Gasteiger partial charge in [0.15, 0.2) is 5.16 Å². The number of thioether (sulfide) groups is 1. The minimum Gasteiger partial charge on any atom is -0.356 e. The van der Waals surface area contributed by atoms with Crippen LogP contribution in [0.5, 0.6) is 0 Å². The Labute approximate surface area is 176 Å². The van der Waals surface area contributed by atoms with Crippen molar-refractivity contribution in [2.75, 3.05) is 24.5 Å². The van der Waals surface area contributed by atoms with E-state index in [1.807, 2.05) is 30.3 Å². The highest BCUT2D eigenvalue weighted by Gasteiger charge is 2.15. The van der Waals surface area contributed by atoms with Crippen LogP contribution < -0.4 is 10.2 Å². The first-order valence-corrected chi connectivity index (χ1v) is 11.3. The first-order chi connectivity index (χ1) is 13.7. The summed E-state index contributed by atoms with van der Waals surface area (Å²) in [4.78, 5) is 23.4. The number of amides is 1. The first kappa shape index (κ1) is 20.9. The number of rotatable bonds is 9. The van der Waals surface area contributed by atoms with Gasteiger partial charge in [-0.15, -0.1) is 0 Å². The lowest BCUT2D eigenvalue weighted by molar-refractivity contribution is 0.0953. The van der Waals surface area contributed by atoms with Crippen LogP contribution in [0, 0.1) is 0 Å². The monoisotopic (exact) mass is 418 g/mol. The molecule has 2 heterocycles. The molecule has 1 fully saturated rings. The van der Waals surface area contributed by atoms with Crippen LogP contribution in [0.4, 0.5) is 5.82 Å². The summed E-state index contributed by atoms with van der Waals surface area (Å²) in [7, 11) is 0. The van der Waals surface area contributed by atoms with Gasteiger partial charge in [0.2, 0.25) is 0 Å². The number of nitrogens with zero attached hydrogens (tertiary/aromatic N) is 3. The maximum atomic E-state index is 12.1. The Morgan fingerprint density at radius 2 is 1.93 bits per heavy atom. The zero-order valence-electron chi connectivity index (χ0n) is 16.3. The van der Waals surface area contributed by atoms with E-state index in [1.54, 1.807) is 11.8 Å². The largest absolute Gasteiger partial charge is 0.356 e. The molecule has 28 heavy (non-hydrogen) atoms. The molecule has 0 unspecified atom stereocenters. The number of unbranched alkanes of at least 4 members (excludes halogenated alkanes) is 2. The number of carbonyl (C=O) groups is 1. The summed E-state index contributed by atoms with van der Waals surface area (Å²) in [5.74, 6) is 1.64. The van der Waals surface area contributed by atoms with Gasteiger partial charge in [-0.3, -0.25) is 4.79 Å². The Bertz CT molecular complexity index is 778. The van der Waals surface area contributed by atoms with Gasteiger partial charge in [-0.1, -0.05) is 55.3 Å². The smallest absolute Gasteiger partial charge is 0.251 e. The Balaban J connectivity index is 1.54. The molecule has 1 saturated heterocycles. The van der Waals surface area contributed by atoms with Crippen molar-refractivity contribution in [3.05, 3.63) is 46.6 Å². The van der Waals surface area contributed by atoms with Crippen LogP contribution in [-0.4, -0.2) is 35.5 Å². The van der Waals surface area contributed by atoms with Crippen molar-refractivity contribution in [2.24, 2.45) is 0 Å². The molecular weight excluding hydrogens is 392 g/mol. The van der Waals surface area contributed by atoms with Crippen molar-refractivity contribution >= 4 is 35.1 Å². The van der Waals surface area contributed by atoms with E-state index in [1.165, 1.54) is 12.8 Å². The third-order valence-electron chi connectivity index (χ3n) is 4.74. The summed E-state index contributed by atoms with van der Waals surface area (Å²) in [6.07, 6.45) is 5.71. The molecule has 0 radical (unpaired) electrons. The van der Waals surface area contributed by atoms with Gasteiger partial charge < -0.3 is 10.2 Å². The van der Waals surface area contributed by atoms with Crippen molar-refractivity contribution in [1.82, 2.24) is 15.3 Å². The van der Waals surface area contributed by atoms with Gasteiger partial charge in [0.25, 0.3) is 5.91 Å². The molecule has 0 spiro atoms. The zero-order chi connectivity index (χ0) is 19.8. The molecule has 1 aromatic carbocycles. The second-order valence-corrected chi connectivity index (χ2v) is 8.30. The number of hydrogen-bond acceptors (Lipinski definition) is 5. The highest BCUT2D eigenvalue weighted by molar-refractivity contribution is 7.98. The molecule has 0 bridgehead atoms. The van der Waals surface area contributed by atoms with E-state index in [9.17, 15) is 4.79 Å². The van der Waals surface area contributed by atoms with Crippen LogP contribution in [0.3, 0.4) is 0 Å². The van der Waals surface area contributed by atoms with Crippen LogP contribution in [0.15, 0.2) is 35.5 Å². The predicted octanol–water partition coefficient (Wildman–Crippen LogP) is 4.94.